The normalized spacial score (nSPS) is 11.4. The minimum absolute atomic E-state index is 0.332. The van der Waals surface area contributed by atoms with Crippen molar-refractivity contribution in [2.75, 3.05) is 5.73 Å². The van der Waals surface area contributed by atoms with Gasteiger partial charge in [-0.25, -0.2) is 0 Å². The third-order valence-electron chi connectivity index (χ3n) is 4.11. The molecular weight excluding hydrogens is 314 g/mol. The van der Waals surface area contributed by atoms with Crippen molar-refractivity contribution in [3.8, 4) is 17.2 Å². The van der Waals surface area contributed by atoms with Crippen LogP contribution in [0, 0.1) is 0 Å². The predicted octanol–water partition coefficient (Wildman–Crippen LogP) is 2.94. The van der Waals surface area contributed by atoms with Crippen molar-refractivity contribution in [2.24, 2.45) is 0 Å². The van der Waals surface area contributed by atoms with E-state index in [0.717, 1.165) is 27.7 Å². The molecule has 0 saturated heterocycles. The van der Waals surface area contributed by atoms with Crippen molar-refractivity contribution in [2.45, 2.75) is 0 Å². The zero-order valence-corrected chi connectivity index (χ0v) is 13.1. The number of rotatable bonds is 2. The first kappa shape index (κ1) is 13.7. The largest absolute Gasteiger partial charge is 0.383 e. The Morgan fingerprint density at radius 3 is 2.60 bits per heavy atom. The molecule has 7 heteroatoms. The monoisotopic (exact) mass is 327 g/mol. The molecular formula is C18H13N7. The number of nitrogen functional groups attached to an aromatic ring is 1. The number of benzene rings is 2. The van der Waals surface area contributed by atoms with Crippen LogP contribution in [0.15, 0.2) is 60.7 Å². The Kier molecular flexibility index (Phi) is 2.81. The number of nitrogens with two attached hydrogens (primary N) is 1. The van der Waals surface area contributed by atoms with Crippen LogP contribution in [0.25, 0.3) is 39.3 Å². The third-order valence-corrected chi connectivity index (χ3v) is 4.11. The van der Waals surface area contributed by atoms with Gasteiger partial charge in [0.2, 0.25) is 0 Å². The van der Waals surface area contributed by atoms with Crippen molar-refractivity contribution >= 4 is 27.9 Å². The van der Waals surface area contributed by atoms with Gasteiger partial charge in [-0.05, 0) is 6.07 Å². The molecule has 3 heterocycles. The van der Waals surface area contributed by atoms with Gasteiger partial charge in [0.1, 0.15) is 11.3 Å². The maximum absolute atomic E-state index is 6.11. The lowest BCUT2D eigenvalue weighted by molar-refractivity contribution is 0.797. The number of hydrogen-bond donors (Lipinski definition) is 2. The number of para-hydroxylation sites is 1. The van der Waals surface area contributed by atoms with E-state index in [-0.39, 0.29) is 0 Å². The first-order chi connectivity index (χ1) is 12.3. The number of aromatic nitrogens is 6. The number of aromatic amines is 1. The molecule has 0 amide bonds. The van der Waals surface area contributed by atoms with Crippen molar-refractivity contribution in [1.82, 2.24) is 29.9 Å². The van der Waals surface area contributed by atoms with E-state index >= 15 is 0 Å². The second-order valence-corrected chi connectivity index (χ2v) is 5.71. The standard InChI is InChI=1S/C18H13N7/c19-15-10-14(11-6-2-1-3-7-11)24-25(15)18-21-17-16(22-23-18)12-8-4-5-9-13(12)20-17/h1-10H,19H2,(H,20,21,23). The number of hydrogen-bond acceptors (Lipinski definition) is 5. The fourth-order valence-corrected chi connectivity index (χ4v) is 2.91. The summed E-state index contributed by atoms with van der Waals surface area (Å²) in [5.41, 5.74) is 10.2. The van der Waals surface area contributed by atoms with Crippen molar-refractivity contribution in [3.63, 3.8) is 0 Å². The Labute approximate surface area is 142 Å². The Balaban J connectivity index is 1.66. The smallest absolute Gasteiger partial charge is 0.274 e. The van der Waals surface area contributed by atoms with Gasteiger partial charge in [-0.1, -0.05) is 48.5 Å². The Morgan fingerprint density at radius 2 is 1.72 bits per heavy atom. The molecule has 0 aliphatic rings. The lowest BCUT2D eigenvalue weighted by Crippen LogP contribution is -2.07. The lowest BCUT2D eigenvalue weighted by atomic mass is 10.2. The Morgan fingerprint density at radius 1 is 0.920 bits per heavy atom. The van der Waals surface area contributed by atoms with E-state index < -0.39 is 0 Å². The van der Waals surface area contributed by atoms with Crippen LogP contribution < -0.4 is 5.73 Å². The Bertz CT molecular complexity index is 1200. The van der Waals surface area contributed by atoms with Gasteiger partial charge in [0, 0.05) is 22.5 Å². The number of nitrogens with one attached hydrogen (secondary N) is 1. The zero-order valence-electron chi connectivity index (χ0n) is 13.1. The van der Waals surface area contributed by atoms with Crippen LogP contribution in [0.5, 0.6) is 0 Å². The molecule has 5 rings (SSSR count). The molecule has 25 heavy (non-hydrogen) atoms. The highest BCUT2D eigenvalue weighted by Crippen LogP contribution is 2.24. The zero-order chi connectivity index (χ0) is 16.8. The van der Waals surface area contributed by atoms with E-state index in [2.05, 4.69) is 25.3 Å². The van der Waals surface area contributed by atoms with Gasteiger partial charge in [-0.2, -0.15) is 14.8 Å². The average Bonchev–Trinajstić information content (AvgIpc) is 3.22. The molecule has 7 nitrogen and oxygen atoms in total. The first-order valence-corrected chi connectivity index (χ1v) is 7.82. The van der Waals surface area contributed by atoms with E-state index in [9.17, 15) is 0 Å². The number of anilines is 1. The van der Waals surface area contributed by atoms with Crippen molar-refractivity contribution < 1.29 is 0 Å². The van der Waals surface area contributed by atoms with Gasteiger partial charge in [0.25, 0.3) is 5.95 Å². The molecule has 0 radical (unpaired) electrons. The van der Waals surface area contributed by atoms with Gasteiger partial charge < -0.3 is 10.7 Å². The highest BCUT2D eigenvalue weighted by atomic mass is 15.4. The maximum atomic E-state index is 6.11. The molecule has 0 saturated carbocycles. The molecule has 0 bridgehead atoms. The second kappa shape index (κ2) is 5.13. The SMILES string of the molecule is Nc1cc(-c2ccccc2)nn1-c1nnc2c(n1)[nH]c1ccccc12. The number of fused-ring (bicyclic) bond motifs is 3. The van der Waals surface area contributed by atoms with Crippen LogP contribution >= 0.6 is 0 Å². The highest BCUT2D eigenvalue weighted by molar-refractivity contribution is 6.03. The summed E-state index contributed by atoms with van der Waals surface area (Å²) in [6.07, 6.45) is 0. The highest BCUT2D eigenvalue weighted by Gasteiger charge is 2.14. The van der Waals surface area contributed by atoms with E-state index in [1.165, 1.54) is 4.68 Å². The molecule has 2 aromatic carbocycles. The van der Waals surface area contributed by atoms with Crippen LogP contribution in [0.2, 0.25) is 0 Å². The fraction of sp³-hybridized carbons (Fsp3) is 0. The maximum Gasteiger partial charge on any atom is 0.274 e. The van der Waals surface area contributed by atoms with Crippen LogP contribution in [0.1, 0.15) is 0 Å². The molecule has 3 N–H and O–H groups in total. The van der Waals surface area contributed by atoms with Crippen LogP contribution in [-0.4, -0.2) is 29.9 Å². The molecule has 0 atom stereocenters. The van der Waals surface area contributed by atoms with E-state index in [0.29, 0.717) is 17.4 Å². The summed E-state index contributed by atoms with van der Waals surface area (Å²) in [5, 5.41) is 14.0. The summed E-state index contributed by atoms with van der Waals surface area (Å²) in [6.45, 7) is 0. The van der Waals surface area contributed by atoms with E-state index in [1.54, 1.807) is 6.07 Å². The molecule has 5 aromatic rings. The summed E-state index contributed by atoms with van der Waals surface area (Å²) in [6, 6.07) is 19.5. The lowest BCUT2D eigenvalue weighted by Gasteiger charge is -2.00. The van der Waals surface area contributed by atoms with E-state index in [1.807, 2.05) is 54.6 Å². The third kappa shape index (κ3) is 2.13. The van der Waals surface area contributed by atoms with Crippen molar-refractivity contribution in [1.29, 1.82) is 0 Å². The van der Waals surface area contributed by atoms with Crippen LogP contribution in [0.3, 0.4) is 0 Å². The molecule has 0 fully saturated rings. The second-order valence-electron chi connectivity index (χ2n) is 5.71. The molecule has 0 aliphatic carbocycles. The van der Waals surface area contributed by atoms with Crippen molar-refractivity contribution in [3.05, 3.63) is 60.7 Å². The summed E-state index contributed by atoms with van der Waals surface area (Å²) < 4.78 is 1.50. The first-order valence-electron chi connectivity index (χ1n) is 7.82. The minimum Gasteiger partial charge on any atom is -0.383 e. The van der Waals surface area contributed by atoms with Gasteiger partial charge in [-0.15, -0.1) is 10.2 Å². The predicted molar refractivity (Wildman–Crippen MR) is 96.2 cm³/mol. The molecule has 0 spiro atoms. The number of nitrogens with zero attached hydrogens (tertiary/aromatic N) is 5. The Hall–Kier alpha value is -3.74. The van der Waals surface area contributed by atoms with E-state index in [4.69, 9.17) is 5.73 Å². The van der Waals surface area contributed by atoms with Gasteiger partial charge >= 0.3 is 0 Å². The summed E-state index contributed by atoms with van der Waals surface area (Å²) in [5.74, 6) is 0.787. The van der Waals surface area contributed by atoms with Gasteiger partial charge in [0.05, 0.1) is 5.69 Å². The summed E-state index contributed by atoms with van der Waals surface area (Å²) in [4.78, 5) is 7.79. The van der Waals surface area contributed by atoms with Crippen LogP contribution in [0.4, 0.5) is 5.82 Å². The molecule has 120 valence electrons. The van der Waals surface area contributed by atoms with Gasteiger partial charge in [0.15, 0.2) is 5.65 Å². The fourth-order valence-electron chi connectivity index (χ4n) is 2.91. The number of H-pyrrole nitrogens is 1. The minimum atomic E-state index is 0.332. The molecule has 0 unspecified atom stereocenters. The average molecular weight is 327 g/mol. The molecule has 0 aliphatic heterocycles. The van der Waals surface area contributed by atoms with Crippen LogP contribution in [-0.2, 0) is 0 Å². The summed E-state index contributed by atoms with van der Waals surface area (Å²) in [7, 11) is 0. The van der Waals surface area contributed by atoms with Gasteiger partial charge in [-0.3, -0.25) is 0 Å². The quantitative estimate of drug-likeness (QED) is 0.519. The molecule has 3 aromatic heterocycles. The summed E-state index contributed by atoms with van der Waals surface area (Å²) >= 11 is 0. The topological polar surface area (TPSA) is 98.3 Å².